The van der Waals surface area contributed by atoms with Crippen LogP contribution in [-0.4, -0.2) is 40.5 Å². The van der Waals surface area contributed by atoms with Crippen molar-refractivity contribution in [3.63, 3.8) is 0 Å². The Morgan fingerprint density at radius 1 is 1.60 bits per heavy atom. The van der Waals surface area contributed by atoms with Crippen LogP contribution in [-0.2, 0) is 21.9 Å². The van der Waals surface area contributed by atoms with Gasteiger partial charge in [0.05, 0.1) is 19.0 Å². The molecule has 0 aliphatic carbocycles. The molecule has 0 bridgehead atoms. The number of nitrogens with zero attached hydrogens (tertiary/aromatic N) is 3. The first-order valence-electron chi connectivity index (χ1n) is 6.37. The molecule has 3 rings (SSSR count). The van der Waals surface area contributed by atoms with Crippen LogP contribution in [0.25, 0.3) is 11.2 Å². The monoisotopic (exact) mass is 359 g/mol. The number of methoxy groups -OCH3 is 1. The molecule has 7 heteroatoms. The van der Waals surface area contributed by atoms with Crippen LogP contribution in [0.2, 0.25) is 0 Å². The van der Waals surface area contributed by atoms with Crippen molar-refractivity contribution in [1.29, 1.82) is 0 Å². The van der Waals surface area contributed by atoms with Crippen LogP contribution < -0.4 is 0 Å². The summed E-state index contributed by atoms with van der Waals surface area (Å²) < 4.78 is 14.1. The highest BCUT2D eigenvalue weighted by Crippen LogP contribution is 2.28. The molecule has 0 amide bonds. The number of ether oxygens (including phenoxy) is 2. The van der Waals surface area contributed by atoms with E-state index in [1.807, 2.05) is 10.6 Å². The largest absolute Gasteiger partial charge is 0.378 e. The summed E-state index contributed by atoms with van der Waals surface area (Å²) in [5, 5.41) is 0. The molecule has 1 saturated heterocycles. The van der Waals surface area contributed by atoms with E-state index >= 15 is 0 Å². The Hall–Kier alpha value is -0.690. The summed E-state index contributed by atoms with van der Waals surface area (Å²) >= 11 is 9.43. The lowest BCUT2D eigenvalue weighted by Gasteiger charge is -2.26. The van der Waals surface area contributed by atoms with Crippen molar-refractivity contribution in [2.24, 2.45) is 0 Å². The van der Waals surface area contributed by atoms with Crippen LogP contribution in [0, 0.1) is 0 Å². The molecule has 5 nitrogen and oxygen atoms in total. The first-order chi connectivity index (χ1) is 9.67. The molecule has 0 radical (unpaired) electrons. The first-order valence-corrected chi connectivity index (χ1v) is 7.70. The first kappa shape index (κ1) is 14.3. The van der Waals surface area contributed by atoms with Gasteiger partial charge in [-0.15, -0.1) is 11.6 Å². The number of alkyl halides is 1. The van der Waals surface area contributed by atoms with E-state index in [1.54, 1.807) is 13.3 Å². The molecule has 20 heavy (non-hydrogen) atoms. The van der Waals surface area contributed by atoms with Gasteiger partial charge in [-0.1, -0.05) is 0 Å². The molecule has 1 atom stereocenters. The van der Waals surface area contributed by atoms with Gasteiger partial charge < -0.3 is 14.0 Å². The van der Waals surface area contributed by atoms with Gasteiger partial charge in [-0.2, -0.15) is 0 Å². The number of imidazole rings is 1. The number of fused-ring (bicyclic) bond motifs is 1. The summed E-state index contributed by atoms with van der Waals surface area (Å²) in [5.41, 5.74) is 1.34. The van der Waals surface area contributed by atoms with Crippen LogP contribution in [0.1, 0.15) is 12.2 Å². The number of hydrogen-bond donors (Lipinski definition) is 0. The summed E-state index contributed by atoms with van der Waals surface area (Å²) in [6.07, 6.45) is 2.63. The van der Waals surface area contributed by atoms with Gasteiger partial charge >= 0.3 is 0 Å². The number of halogens is 2. The molecule has 0 spiro atoms. The van der Waals surface area contributed by atoms with Gasteiger partial charge in [0.25, 0.3) is 0 Å². The normalized spacial score (nSPS) is 22.8. The van der Waals surface area contributed by atoms with E-state index < -0.39 is 0 Å². The Morgan fingerprint density at radius 2 is 2.45 bits per heavy atom. The SMILES string of the molecule is COC1(Cn2c(CCl)nc3cc(Br)cnc32)CCOC1. The molecule has 2 aromatic heterocycles. The molecule has 0 aromatic carbocycles. The van der Waals surface area contributed by atoms with Gasteiger partial charge in [0, 0.05) is 30.8 Å². The van der Waals surface area contributed by atoms with Gasteiger partial charge in [-0.25, -0.2) is 9.97 Å². The Bertz CT molecular complexity index is 625. The summed E-state index contributed by atoms with van der Waals surface area (Å²) in [6, 6.07) is 1.94. The Morgan fingerprint density at radius 3 is 3.10 bits per heavy atom. The van der Waals surface area contributed by atoms with Gasteiger partial charge in [-0.3, -0.25) is 0 Å². The highest BCUT2D eigenvalue weighted by molar-refractivity contribution is 9.10. The second-order valence-corrected chi connectivity index (χ2v) is 6.12. The molecular weight excluding hydrogens is 346 g/mol. The highest BCUT2D eigenvalue weighted by atomic mass is 79.9. The van der Waals surface area contributed by atoms with Crippen molar-refractivity contribution < 1.29 is 9.47 Å². The molecular formula is C13H15BrClN3O2. The lowest BCUT2D eigenvalue weighted by atomic mass is 10.0. The minimum Gasteiger partial charge on any atom is -0.378 e. The maximum Gasteiger partial charge on any atom is 0.160 e. The summed E-state index contributed by atoms with van der Waals surface area (Å²) in [5.74, 6) is 1.14. The number of rotatable bonds is 4. The molecule has 2 aromatic rings. The third kappa shape index (κ3) is 2.45. The Balaban J connectivity index is 2.05. The van der Waals surface area contributed by atoms with Crippen molar-refractivity contribution >= 4 is 38.7 Å². The van der Waals surface area contributed by atoms with Crippen LogP contribution in [0.15, 0.2) is 16.7 Å². The zero-order chi connectivity index (χ0) is 14.2. The van der Waals surface area contributed by atoms with E-state index in [4.69, 9.17) is 21.1 Å². The van der Waals surface area contributed by atoms with Crippen LogP contribution in [0.3, 0.4) is 0 Å². The molecule has 0 saturated carbocycles. The number of hydrogen-bond acceptors (Lipinski definition) is 4. The van der Waals surface area contributed by atoms with E-state index in [-0.39, 0.29) is 5.60 Å². The molecule has 108 valence electrons. The van der Waals surface area contributed by atoms with Crippen LogP contribution in [0.4, 0.5) is 0 Å². The van der Waals surface area contributed by atoms with E-state index in [0.717, 1.165) is 34.5 Å². The summed E-state index contributed by atoms with van der Waals surface area (Å²) in [4.78, 5) is 9.00. The lowest BCUT2D eigenvalue weighted by molar-refractivity contribution is -0.0292. The zero-order valence-corrected chi connectivity index (χ0v) is 13.4. The average molecular weight is 361 g/mol. The third-order valence-electron chi connectivity index (χ3n) is 3.70. The maximum absolute atomic E-state index is 6.02. The van der Waals surface area contributed by atoms with Crippen molar-refractivity contribution in [3.05, 3.63) is 22.6 Å². The number of pyridine rings is 1. The predicted octanol–water partition coefficient (Wildman–Crippen LogP) is 2.74. The molecule has 3 heterocycles. The van der Waals surface area contributed by atoms with Gasteiger partial charge in [0.15, 0.2) is 5.65 Å². The van der Waals surface area contributed by atoms with Crippen molar-refractivity contribution in [2.45, 2.75) is 24.4 Å². The molecule has 0 N–H and O–H groups in total. The van der Waals surface area contributed by atoms with Crippen molar-refractivity contribution in [1.82, 2.24) is 14.5 Å². The van der Waals surface area contributed by atoms with E-state index in [0.29, 0.717) is 19.0 Å². The molecule has 1 unspecified atom stereocenters. The minimum absolute atomic E-state index is 0.316. The predicted molar refractivity (Wildman–Crippen MR) is 80.0 cm³/mol. The third-order valence-corrected chi connectivity index (χ3v) is 4.37. The van der Waals surface area contributed by atoms with Crippen molar-refractivity contribution in [2.75, 3.05) is 20.3 Å². The maximum atomic E-state index is 6.02. The van der Waals surface area contributed by atoms with E-state index in [9.17, 15) is 0 Å². The highest BCUT2D eigenvalue weighted by Gasteiger charge is 2.36. The van der Waals surface area contributed by atoms with Crippen LogP contribution >= 0.6 is 27.5 Å². The lowest BCUT2D eigenvalue weighted by Crippen LogP contribution is -2.37. The quantitative estimate of drug-likeness (QED) is 0.787. The van der Waals surface area contributed by atoms with Gasteiger partial charge in [0.1, 0.15) is 16.9 Å². The molecule has 1 fully saturated rings. The number of aromatic nitrogens is 3. The van der Waals surface area contributed by atoms with E-state index in [2.05, 4.69) is 25.9 Å². The fraction of sp³-hybridized carbons (Fsp3) is 0.538. The standard InChI is InChI=1S/C13H15BrClN3O2/c1-19-13(2-3-20-8-13)7-18-11(5-15)17-10-4-9(14)6-16-12(10)18/h4,6H,2-3,5,7-8H2,1H3. The average Bonchev–Trinajstić information content (AvgIpc) is 3.04. The molecule has 1 aliphatic rings. The van der Waals surface area contributed by atoms with Gasteiger partial charge in [0.2, 0.25) is 0 Å². The fourth-order valence-corrected chi connectivity index (χ4v) is 3.05. The van der Waals surface area contributed by atoms with E-state index in [1.165, 1.54) is 0 Å². The van der Waals surface area contributed by atoms with Crippen LogP contribution in [0.5, 0.6) is 0 Å². The minimum atomic E-state index is -0.316. The topological polar surface area (TPSA) is 49.2 Å². The summed E-state index contributed by atoms with van der Waals surface area (Å²) in [6.45, 7) is 1.95. The van der Waals surface area contributed by atoms with Crippen molar-refractivity contribution in [3.8, 4) is 0 Å². The van der Waals surface area contributed by atoms with Gasteiger partial charge in [-0.05, 0) is 22.0 Å². The molecule has 1 aliphatic heterocycles. The smallest absolute Gasteiger partial charge is 0.160 e. The Labute approximate surface area is 130 Å². The zero-order valence-electron chi connectivity index (χ0n) is 11.1. The second-order valence-electron chi connectivity index (χ2n) is 4.93. The fourth-order valence-electron chi connectivity index (χ4n) is 2.53. The Kier molecular flexibility index (Phi) is 3.99. The second kappa shape index (κ2) is 5.60. The summed E-state index contributed by atoms with van der Waals surface area (Å²) in [7, 11) is 1.72.